The van der Waals surface area contributed by atoms with Crippen LogP contribution in [-0.2, 0) is 0 Å². The van der Waals surface area contributed by atoms with Crippen LogP contribution in [0.4, 0.5) is 11.4 Å². The van der Waals surface area contributed by atoms with E-state index in [0.717, 1.165) is 30.0 Å². The van der Waals surface area contributed by atoms with Gasteiger partial charge in [-0.3, -0.25) is 4.79 Å². The maximum atomic E-state index is 12.8. The average molecular weight is 309 g/mol. The summed E-state index contributed by atoms with van der Waals surface area (Å²) in [5.41, 5.74) is 3.67. The third-order valence-electron chi connectivity index (χ3n) is 4.31. The molecule has 1 amide bonds. The molecular formula is C19H23N3O. The molecule has 2 heterocycles. The second kappa shape index (κ2) is 6.82. The molecule has 4 nitrogen and oxygen atoms in total. The Morgan fingerprint density at radius 1 is 1.22 bits per heavy atom. The van der Waals surface area contributed by atoms with E-state index < -0.39 is 0 Å². The van der Waals surface area contributed by atoms with Crippen molar-refractivity contribution in [3.63, 3.8) is 0 Å². The maximum Gasteiger partial charge on any atom is 0.276 e. The monoisotopic (exact) mass is 309 g/mol. The molecule has 1 saturated heterocycles. The fourth-order valence-corrected chi connectivity index (χ4v) is 3.05. The van der Waals surface area contributed by atoms with Crippen molar-refractivity contribution < 1.29 is 4.79 Å². The number of benzene rings is 1. The molecule has 23 heavy (non-hydrogen) atoms. The Labute approximate surface area is 137 Å². The minimum atomic E-state index is -0.0499. The van der Waals surface area contributed by atoms with Crippen molar-refractivity contribution >= 4 is 17.3 Å². The van der Waals surface area contributed by atoms with Gasteiger partial charge in [0.15, 0.2) is 0 Å². The van der Waals surface area contributed by atoms with Crippen LogP contribution in [0.3, 0.4) is 0 Å². The summed E-state index contributed by atoms with van der Waals surface area (Å²) in [6, 6.07) is 11.9. The average Bonchev–Trinajstić information content (AvgIpc) is 3.10. The van der Waals surface area contributed by atoms with Crippen molar-refractivity contribution in [3.05, 3.63) is 53.9 Å². The summed E-state index contributed by atoms with van der Waals surface area (Å²) >= 11 is 0. The third-order valence-corrected chi connectivity index (χ3v) is 4.31. The highest BCUT2D eigenvalue weighted by Crippen LogP contribution is 2.21. The van der Waals surface area contributed by atoms with Crippen LogP contribution in [0, 0.1) is 6.92 Å². The Kier molecular flexibility index (Phi) is 4.60. The van der Waals surface area contributed by atoms with Crippen LogP contribution in [0.2, 0.25) is 0 Å². The van der Waals surface area contributed by atoms with Crippen LogP contribution in [0.15, 0.2) is 42.6 Å². The van der Waals surface area contributed by atoms with Gasteiger partial charge in [0.25, 0.3) is 5.91 Å². The molecule has 2 aromatic rings. The number of aromatic nitrogens is 1. The highest BCUT2D eigenvalue weighted by atomic mass is 16.2. The fraction of sp³-hybridized carbons (Fsp3) is 0.368. The summed E-state index contributed by atoms with van der Waals surface area (Å²) in [5.74, 6) is -0.0499. The topological polar surface area (TPSA) is 36.4 Å². The largest absolute Gasteiger partial charge is 0.370 e. The molecule has 0 unspecified atom stereocenters. The summed E-state index contributed by atoms with van der Waals surface area (Å²) in [7, 11) is 0. The maximum absolute atomic E-state index is 12.8. The Morgan fingerprint density at radius 3 is 2.61 bits per heavy atom. The van der Waals surface area contributed by atoms with Gasteiger partial charge >= 0.3 is 0 Å². The summed E-state index contributed by atoms with van der Waals surface area (Å²) in [4.78, 5) is 21.3. The van der Waals surface area contributed by atoms with Gasteiger partial charge in [-0.05, 0) is 56.5 Å². The van der Waals surface area contributed by atoms with Gasteiger partial charge in [0.1, 0.15) is 5.69 Å². The number of hydrogen-bond acceptors (Lipinski definition) is 3. The first-order valence-electron chi connectivity index (χ1n) is 8.28. The van der Waals surface area contributed by atoms with Gasteiger partial charge < -0.3 is 9.80 Å². The molecule has 0 aliphatic carbocycles. The van der Waals surface area contributed by atoms with Crippen molar-refractivity contribution in [2.45, 2.75) is 26.7 Å². The number of nitrogens with zero attached hydrogens (tertiary/aromatic N) is 3. The number of carbonyl (C=O) groups excluding carboxylic acids is 1. The predicted molar refractivity (Wildman–Crippen MR) is 94.2 cm³/mol. The second-order valence-electron chi connectivity index (χ2n) is 5.98. The molecule has 4 heteroatoms. The lowest BCUT2D eigenvalue weighted by Gasteiger charge is -2.22. The van der Waals surface area contributed by atoms with Crippen molar-refractivity contribution in [2.24, 2.45) is 0 Å². The highest BCUT2D eigenvalue weighted by Gasteiger charge is 2.18. The lowest BCUT2D eigenvalue weighted by atomic mass is 10.2. The molecule has 1 aromatic carbocycles. The van der Waals surface area contributed by atoms with E-state index in [1.165, 1.54) is 12.8 Å². The molecule has 1 aliphatic rings. The number of aryl methyl sites for hydroxylation is 1. The molecule has 0 spiro atoms. The summed E-state index contributed by atoms with van der Waals surface area (Å²) < 4.78 is 0. The van der Waals surface area contributed by atoms with Gasteiger partial charge in [0.2, 0.25) is 0 Å². The lowest BCUT2D eigenvalue weighted by molar-refractivity contribution is 0.0983. The molecule has 1 aromatic heterocycles. The minimum absolute atomic E-state index is 0.0499. The molecule has 0 saturated carbocycles. The smallest absolute Gasteiger partial charge is 0.276 e. The molecule has 3 rings (SSSR count). The number of amides is 1. The molecule has 1 aliphatic heterocycles. The van der Waals surface area contributed by atoms with Crippen LogP contribution < -0.4 is 9.80 Å². The lowest BCUT2D eigenvalue weighted by Crippen LogP contribution is -2.31. The normalized spacial score (nSPS) is 14.1. The first-order chi connectivity index (χ1) is 11.2. The number of hydrogen-bond donors (Lipinski definition) is 0. The van der Waals surface area contributed by atoms with Crippen LogP contribution >= 0.6 is 0 Å². The molecule has 0 bridgehead atoms. The standard InChI is InChI=1S/C19H23N3O/c1-3-22(16-8-6-7-15(2)13-16)19(23)18-10-9-17(14-20-18)21-11-4-5-12-21/h6-10,13-14H,3-5,11-12H2,1-2H3. The number of rotatable bonds is 4. The van der Waals surface area contributed by atoms with Crippen molar-refractivity contribution in [1.82, 2.24) is 4.98 Å². The zero-order valence-electron chi connectivity index (χ0n) is 13.8. The summed E-state index contributed by atoms with van der Waals surface area (Å²) in [6.07, 6.45) is 4.29. The van der Waals surface area contributed by atoms with Gasteiger partial charge in [0, 0.05) is 25.3 Å². The molecule has 0 N–H and O–H groups in total. The number of pyridine rings is 1. The third kappa shape index (κ3) is 3.36. The van der Waals surface area contributed by atoms with Crippen molar-refractivity contribution in [3.8, 4) is 0 Å². The van der Waals surface area contributed by atoms with E-state index in [0.29, 0.717) is 12.2 Å². The Bertz CT molecular complexity index is 675. The van der Waals surface area contributed by atoms with E-state index in [9.17, 15) is 4.79 Å². The predicted octanol–water partition coefficient (Wildman–Crippen LogP) is 3.66. The zero-order valence-corrected chi connectivity index (χ0v) is 13.8. The zero-order chi connectivity index (χ0) is 16.2. The quantitative estimate of drug-likeness (QED) is 0.865. The molecule has 0 radical (unpaired) electrons. The fourth-order valence-electron chi connectivity index (χ4n) is 3.05. The van der Waals surface area contributed by atoms with E-state index in [1.54, 1.807) is 4.90 Å². The van der Waals surface area contributed by atoms with Gasteiger partial charge in [-0.1, -0.05) is 12.1 Å². The first-order valence-corrected chi connectivity index (χ1v) is 8.28. The Balaban J connectivity index is 1.80. The van der Waals surface area contributed by atoms with E-state index in [4.69, 9.17) is 0 Å². The number of anilines is 2. The van der Waals surface area contributed by atoms with E-state index in [1.807, 2.05) is 56.4 Å². The van der Waals surface area contributed by atoms with Gasteiger partial charge in [-0.25, -0.2) is 4.98 Å². The van der Waals surface area contributed by atoms with E-state index in [-0.39, 0.29) is 5.91 Å². The Hall–Kier alpha value is -2.36. The molecule has 1 fully saturated rings. The van der Waals surface area contributed by atoms with Crippen LogP contribution in [0.25, 0.3) is 0 Å². The van der Waals surface area contributed by atoms with E-state index in [2.05, 4.69) is 9.88 Å². The highest BCUT2D eigenvalue weighted by molar-refractivity contribution is 6.04. The van der Waals surface area contributed by atoms with Crippen LogP contribution in [-0.4, -0.2) is 30.5 Å². The van der Waals surface area contributed by atoms with Crippen LogP contribution in [0.5, 0.6) is 0 Å². The van der Waals surface area contributed by atoms with Gasteiger partial charge in [0.05, 0.1) is 11.9 Å². The molecular weight excluding hydrogens is 286 g/mol. The van der Waals surface area contributed by atoms with Crippen LogP contribution in [0.1, 0.15) is 35.8 Å². The molecule has 120 valence electrons. The van der Waals surface area contributed by atoms with Crippen molar-refractivity contribution in [2.75, 3.05) is 29.4 Å². The number of carbonyl (C=O) groups is 1. The summed E-state index contributed by atoms with van der Waals surface area (Å²) in [6.45, 7) is 6.81. The first kappa shape index (κ1) is 15.5. The van der Waals surface area contributed by atoms with Gasteiger partial charge in [-0.2, -0.15) is 0 Å². The Morgan fingerprint density at radius 2 is 2.00 bits per heavy atom. The van der Waals surface area contributed by atoms with E-state index >= 15 is 0 Å². The summed E-state index contributed by atoms with van der Waals surface area (Å²) in [5, 5.41) is 0. The second-order valence-corrected chi connectivity index (χ2v) is 5.98. The molecule has 0 atom stereocenters. The SMILES string of the molecule is CCN(C(=O)c1ccc(N2CCCC2)cn1)c1cccc(C)c1. The minimum Gasteiger partial charge on any atom is -0.370 e. The van der Waals surface area contributed by atoms with Crippen molar-refractivity contribution in [1.29, 1.82) is 0 Å². The van der Waals surface area contributed by atoms with Gasteiger partial charge in [-0.15, -0.1) is 0 Å².